The molecule has 1 aromatic heterocycles. The number of anilines is 1. The summed E-state index contributed by atoms with van der Waals surface area (Å²) in [6, 6.07) is 5.08. The number of rotatable bonds is 5. The van der Waals surface area contributed by atoms with Crippen LogP contribution in [0.15, 0.2) is 34.6 Å². The van der Waals surface area contributed by atoms with E-state index in [0.29, 0.717) is 33.3 Å². The first-order valence-electron chi connectivity index (χ1n) is 9.90. The Kier molecular flexibility index (Phi) is 6.64. The number of halogens is 2. The molecule has 1 saturated carbocycles. The number of aromatic nitrogens is 2. The lowest BCUT2D eigenvalue weighted by Crippen LogP contribution is -2.25. The SMILES string of the molecule is CCC(Sc1ncnc2c1C1CCC(C)CC1S2)C(=O)Nc1ccc(Cl)cc1Cl. The van der Waals surface area contributed by atoms with Crippen LogP contribution in [0.25, 0.3) is 0 Å². The molecule has 8 heteroatoms. The highest BCUT2D eigenvalue weighted by Gasteiger charge is 2.40. The van der Waals surface area contributed by atoms with Gasteiger partial charge in [0.15, 0.2) is 0 Å². The van der Waals surface area contributed by atoms with Crippen LogP contribution in [0, 0.1) is 5.92 Å². The third-order valence-electron chi connectivity index (χ3n) is 5.60. The van der Waals surface area contributed by atoms with Gasteiger partial charge in [-0.3, -0.25) is 4.79 Å². The fourth-order valence-corrected chi connectivity index (χ4v) is 7.30. The Morgan fingerprint density at radius 3 is 2.93 bits per heavy atom. The van der Waals surface area contributed by atoms with Crippen LogP contribution in [0.1, 0.15) is 51.0 Å². The van der Waals surface area contributed by atoms with Crippen LogP contribution in [-0.4, -0.2) is 26.4 Å². The van der Waals surface area contributed by atoms with E-state index < -0.39 is 0 Å². The van der Waals surface area contributed by atoms with Gasteiger partial charge in [-0.05, 0) is 43.4 Å². The van der Waals surface area contributed by atoms with Crippen molar-refractivity contribution >= 4 is 58.3 Å². The van der Waals surface area contributed by atoms with Crippen LogP contribution in [0.2, 0.25) is 10.0 Å². The molecule has 29 heavy (non-hydrogen) atoms. The van der Waals surface area contributed by atoms with Crippen molar-refractivity contribution < 1.29 is 4.79 Å². The van der Waals surface area contributed by atoms with Gasteiger partial charge in [-0.2, -0.15) is 0 Å². The molecular weight excluding hydrogens is 445 g/mol. The van der Waals surface area contributed by atoms with E-state index in [2.05, 4.69) is 22.2 Å². The fraction of sp³-hybridized carbons (Fsp3) is 0.476. The zero-order valence-corrected chi connectivity index (χ0v) is 19.5. The minimum Gasteiger partial charge on any atom is -0.324 e. The summed E-state index contributed by atoms with van der Waals surface area (Å²) in [7, 11) is 0. The van der Waals surface area contributed by atoms with Crippen LogP contribution in [0.5, 0.6) is 0 Å². The second-order valence-corrected chi connectivity index (χ2v) is 11.0. The highest BCUT2D eigenvalue weighted by atomic mass is 35.5. The molecule has 2 aliphatic rings. The zero-order chi connectivity index (χ0) is 20.5. The first kappa shape index (κ1) is 21.3. The molecule has 0 spiro atoms. The van der Waals surface area contributed by atoms with Crippen LogP contribution in [0.3, 0.4) is 0 Å². The molecule has 1 amide bonds. The van der Waals surface area contributed by atoms with Crippen molar-refractivity contribution in [3.63, 3.8) is 0 Å². The predicted octanol–water partition coefficient (Wildman–Crippen LogP) is 6.67. The predicted molar refractivity (Wildman–Crippen MR) is 122 cm³/mol. The van der Waals surface area contributed by atoms with E-state index in [9.17, 15) is 4.79 Å². The van der Waals surface area contributed by atoms with Crippen LogP contribution in [-0.2, 0) is 4.79 Å². The van der Waals surface area contributed by atoms with Crippen LogP contribution < -0.4 is 5.32 Å². The number of nitrogens with zero attached hydrogens (tertiary/aromatic N) is 2. The van der Waals surface area contributed by atoms with Crippen molar-refractivity contribution in [3.8, 4) is 0 Å². The summed E-state index contributed by atoms with van der Waals surface area (Å²) in [5.41, 5.74) is 1.83. The van der Waals surface area contributed by atoms with Crippen molar-refractivity contribution in [1.82, 2.24) is 9.97 Å². The van der Waals surface area contributed by atoms with E-state index >= 15 is 0 Å². The Morgan fingerprint density at radius 1 is 1.34 bits per heavy atom. The van der Waals surface area contributed by atoms with Gasteiger partial charge >= 0.3 is 0 Å². The molecule has 154 valence electrons. The number of thioether (sulfide) groups is 2. The highest BCUT2D eigenvalue weighted by Crippen LogP contribution is 2.54. The van der Waals surface area contributed by atoms with Gasteiger partial charge < -0.3 is 5.32 Å². The number of amides is 1. The maximum absolute atomic E-state index is 12.9. The average Bonchev–Trinajstić information content (AvgIpc) is 3.06. The van der Waals surface area contributed by atoms with E-state index in [0.717, 1.165) is 16.0 Å². The second kappa shape index (κ2) is 9.04. The maximum Gasteiger partial charge on any atom is 0.237 e. The molecule has 4 rings (SSSR count). The molecule has 1 aliphatic heterocycles. The van der Waals surface area contributed by atoms with Gasteiger partial charge in [0.25, 0.3) is 0 Å². The molecule has 4 nitrogen and oxygen atoms in total. The Morgan fingerprint density at radius 2 is 2.17 bits per heavy atom. The van der Waals surface area contributed by atoms with Gasteiger partial charge in [-0.15, -0.1) is 11.8 Å². The summed E-state index contributed by atoms with van der Waals surface area (Å²) in [6.07, 6.45) is 5.97. The topological polar surface area (TPSA) is 54.9 Å². The standard InChI is InChI=1S/C21H23Cl2N3OS2/c1-3-16(19(27)26-15-7-5-12(22)9-14(15)23)28-20-18-13-6-4-11(2)8-17(13)29-21(18)25-10-24-20/h5,7,9-11,13,16-17H,3-4,6,8H2,1-2H3,(H,26,27). The van der Waals surface area contributed by atoms with E-state index in [1.54, 1.807) is 36.3 Å². The summed E-state index contributed by atoms with van der Waals surface area (Å²) in [6.45, 7) is 4.35. The summed E-state index contributed by atoms with van der Waals surface area (Å²) in [5.74, 6) is 1.19. The zero-order valence-electron chi connectivity index (χ0n) is 16.3. The van der Waals surface area contributed by atoms with E-state index in [1.165, 1.54) is 24.8 Å². The van der Waals surface area contributed by atoms with Crippen molar-refractivity contribution in [2.24, 2.45) is 5.92 Å². The monoisotopic (exact) mass is 467 g/mol. The molecular formula is C21H23Cl2N3OS2. The Labute approximate surface area is 189 Å². The van der Waals surface area contributed by atoms with Crippen LogP contribution in [0.4, 0.5) is 5.69 Å². The fourth-order valence-electron chi connectivity index (χ4n) is 4.06. The lowest BCUT2D eigenvalue weighted by Gasteiger charge is -2.29. The number of carbonyl (C=O) groups excluding carboxylic acids is 1. The Bertz CT molecular complexity index is 927. The maximum atomic E-state index is 12.9. The second-order valence-electron chi connectivity index (χ2n) is 7.71. The van der Waals surface area contributed by atoms with Crippen molar-refractivity contribution in [2.45, 2.75) is 66.0 Å². The lowest BCUT2D eigenvalue weighted by molar-refractivity contribution is -0.115. The molecule has 1 N–H and O–H groups in total. The molecule has 0 saturated heterocycles. The summed E-state index contributed by atoms with van der Waals surface area (Å²) >= 11 is 15.6. The quantitative estimate of drug-likeness (QED) is 0.392. The Hall–Kier alpha value is -0.950. The van der Waals surface area contributed by atoms with Gasteiger partial charge in [0, 0.05) is 21.8 Å². The number of hydrogen-bond donors (Lipinski definition) is 1. The largest absolute Gasteiger partial charge is 0.324 e. The number of fused-ring (bicyclic) bond motifs is 3. The van der Waals surface area contributed by atoms with Gasteiger partial charge in [0.1, 0.15) is 16.4 Å². The molecule has 2 aromatic rings. The van der Waals surface area contributed by atoms with Gasteiger partial charge in [0.2, 0.25) is 5.91 Å². The lowest BCUT2D eigenvalue weighted by atomic mass is 9.80. The Balaban J connectivity index is 1.53. The van der Waals surface area contributed by atoms with Crippen LogP contribution >= 0.6 is 46.7 Å². The molecule has 0 bridgehead atoms. The highest BCUT2D eigenvalue weighted by molar-refractivity contribution is 8.01. The minimum absolute atomic E-state index is 0.0754. The number of carbonyl (C=O) groups is 1. The first-order valence-corrected chi connectivity index (χ1v) is 12.4. The molecule has 4 atom stereocenters. The van der Waals surface area contributed by atoms with Gasteiger partial charge in [-0.25, -0.2) is 9.97 Å². The van der Waals surface area contributed by atoms with E-state index in [4.69, 9.17) is 23.2 Å². The molecule has 1 aliphatic carbocycles. The first-order chi connectivity index (χ1) is 14.0. The normalized spacial score (nSPS) is 23.9. The van der Waals surface area contributed by atoms with E-state index in [-0.39, 0.29) is 11.2 Å². The third-order valence-corrected chi connectivity index (χ3v) is 8.91. The summed E-state index contributed by atoms with van der Waals surface area (Å²) in [4.78, 5) is 22.1. The van der Waals surface area contributed by atoms with Crippen molar-refractivity contribution in [2.75, 3.05) is 5.32 Å². The van der Waals surface area contributed by atoms with Crippen molar-refractivity contribution in [3.05, 3.63) is 40.1 Å². The summed E-state index contributed by atoms with van der Waals surface area (Å²) in [5, 5.41) is 6.30. The van der Waals surface area contributed by atoms with E-state index in [1.807, 2.05) is 18.7 Å². The third kappa shape index (κ3) is 4.55. The summed E-state index contributed by atoms with van der Waals surface area (Å²) < 4.78 is 0. The number of hydrogen-bond acceptors (Lipinski definition) is 5. The number of benzene rings is 1. The molecule has 4 unspecified atom stereocenters. The van der Waals surface area contributed by atoms with Crippen molar-refractivity contribution in [1.29, 1.82) is 0 Å². The minimum atomic E-state index is -0.257. The smallest absolute Gasteiger partial charge is 0.237 e. The molecule has 2 heterocycles. The average molecular weight is 468 g/mol. The van der Waals surface area contributed by atoms with Gasteiger partial charge in [-0.1, -0.05) is 55.2 Å². The molecule has 1 aromatic carbocycles. The van der Waals surface area contributed by atoms with Gasteiger partial charge in [0.05, 0.1) is 16.0 Å². The number of nitrogens with one attached hydrogen (secondary N) is 1. The molecule has 0 radical (unpaired) electrons. The molecule has 1 fully saturated rings.